The molecule has 4 heteroatoms. The van der Waals surface area contributed by atoms with Gasteiger partial charge < -0.3 is 4.42 Å². The summed E-state index contributed by atoms with van der Waals surface area (Å²) >= 11 is 0. The maximum Gasteiger partial charge on any atom is 0.164 e. The average molecular weight is 628 g/mol. The molecule has 0 spiro atoms. The van der Waals surface area contributed by atoms with Crippen molar-refractivity contribution in [2.24, 2.45) is 0 Å². The number of hydrogen-bond acceptors (Lipinski definition) is 4. The van der Waals surface area contributed by atoms with Crippen LogP contribution in [-0.2, 0) is 0 Å². The quantitative estimate of drug-likeness (QED) is 0.184. The Morgan fingerprint density at radius 1 is 0.265 bits per heavy atom. The van der Waals surface area contributed by atoms with Crippen molar-refractivity contribution in [3.8, 4) is 67.5 Å². The molecule has 0 aliphatic heterocycles. The van der Waals surface area contributed by atoms with Crippen LogP contribution in [0.2, 0.25) is 0 Å². The highest BCUT2D eigenvalue weighted by atomic mass is 16.3. The third-order valence-electron chi connectivity index (χ3n) is 8.95. The fourth-order valence-corrected chi connectivity index (χ4v) is 6.40. The molecule has 49 heavy (non-hydrogen) atoms. The van der Waals surface area contributed by atoms with Gasteiger partial charge in [-0.05, 0) is 69.8 Å². The molecule has 230 valence electrons. The molecule has 2 aromatic heterocycles. The van der Waals surface area contributed by atoms with Crippen LogP contribution in [0.15, 0.2) is 180 Å². The van der Waals surface area contributed by atoms with E-state index in [1.54, 1.807) is 0 Å². The summed E-state index contributed by atoms with van der Waals surface area (Å²) in [7, 11) is 0. The van der Waals surface area contributed by atoms with Gasteiger partial charge in [-0.1, -0.05) is 140 Å². The van der Waals surface area contributed by atoms with Crippen LogP contribution in [0.4, 0.5) is 0 Å². The van der Waals surface area contributed by atoms with Gasteiger partial charge in [0, 0.05) is 27.5 Å². The third-order valence-corrected chi connectivity index (χ3v) is 8.95. The smallest absolute Gasteiger partial charge is 0.164 e. The van der Waals surface area contributed by atoms with Gasteiger partial charge in [-0.15, -0.1) is 0 Å². The lowest BCUT2D eigenvalue weighted by molar-refractivity contribution is 0.669. The summed E-state index contributed by atoms with van der Waals surface area (Å²) in [4.78, 5) is 15.2. The Morgan fingerprint density at radius 3 is 1.18 bits per heavy atom. The number of fused-ring (bicyclic) bond motifs is 3. The highest BCUT2D eigenvalue weighted by molar-refractivity contribution is 6.07. The molecule has 0 unspecified atom stereocenters. The van der Waals surface area contributed by atoms with Crippen molar-refractivity contribution in [1.82, 2.24) is 15.0 Å². The van der Waals surface area contributed by atoms with Gasteiger partial charge in [0.15, 0.2) is 17.5 Å². The highest BCUT2D eigenvalue weighted by Crippen LogP contribution is 2.36. The molecule has 0 aliphatic rings. The van der Waals surface area contributed by atoms with Gasteiger partial charge in [0.25, 0.3) is 0 Å². The monoisotopic (exact) mass is 627 g/mol. The maximum absolute atomic E-state index is 6.27. The molecule has 0 amide bonds. The fourth-order valence-electron chi connectivity index (χ4n) is 6.40. The molecule has 0 atom stereocenters. The van der Waals surface area contributed by atoms with Crippen LogP contribution in [0, 0.1) is 0 Å². The normalized spacial score (nSPS) is 11.3. The second-order valence-electron chi connectivity index (χ2n) is 12.1. The Balaban J connectivity index is 1.19. The molecule has 0 N–H and O–H groups in total. The number of rotatable bonds is 6. The minimum Gasteiger partial charge on any atom is -0.456 e. The van der Waals surface area contributed by atoms with Crippen molar-refractivity contribution in [2.75, 3.05) is 0 Å². The van der Waals surface area contributed by atoms with Gasteiger partial charge >= 0.3 is 0 Å². The number of aromatic nitrogens is 3. The largest absolute Gasteiger partial charge is 0.456 e. The van der Waals surface area contributed by atoms with Gasteiger partial charge in [0.1, 0.15) is 11.2 Å². The van der Waals surface area contributed by atoms with Gasteiger partial charge in [0.2, 0.25) is 0 Å². The zero-order valence-corrected chi connectivity index (χ0v) is 26.5. The molecule has 9 aromatic rings. The molecule has 7 aromatic carbocycles. The summed E-state index contributed by atoms with van der Waals surface area (Å²) < 4.78 is 6.27. The van der Waals surface area contributed by atoms with Crippen LogP contribution in [0.1, 0.15) is 0 Å². The van der Waals surface area contributed by atoms with E-state index >= 15 is 0 Å². The molecule has 9 rings (SSSR count). The lowest BCUT2D eigenvalue weighted by Gasteiger charge is -2.10. The number of benzene rings is 7. The molecule has 0 aliphatic carbocycles. The van der Waals surface area contributed by atoms with Crippen LogP contribution < -0.4 is 0 Å². The summed E-state index contributed by atoms with van der Waals surface area (Å²) in [5, 5.41) is 2.08. The van der Waals surface area contributed by atoms with E-state index in [0.717, 1.165) is 66.4 Å². The first kappa shape index (κ1) is 28.6. The first-order valence-corrected chi connectivity index (χ1v) is 16.4. The Bertz CT molecular complexity index is 2580. The van der Waals surface area contributed by atoms with Crippen LogP contribution >= 0.6 is 0 Å². The molecule has 0 bridgehead atoms. The van der Waals surface area contributed by atoms with Crippen LogP contribution in [0.3, 0.4) is 0 Å². The first-order chi connectivity index (χ1) is 24.2. The molecular formula is C45H29N3O. The van der Waals surface area contributed by atoms with E-state index in [1.165, 1.54) is 5.56 Å². The van der Waals surface area contributed by atoms with Gasteiger partial charge in [-0.3, -0.25) is 0 Å². The third kappa shape index (κ3) is 5.56. The van der Waals surface area contributed by atoms with Crippen molar-refractivity contribution in [3.05, 3.63) is 176 Å². The molecule has 2 heterocycles. The Hall–Kier alpha value is -6.65. The molecule has 0 saturated heterocycles. The van der Waals surface area contributed by atoms with E-state index in [9.17, 15) is 0 Å². The molecule has 0 fully saturated rings. The number of furan rings is 1. The van der Waals surface area contributed by atoms with E-state index < -0.39 is 0 Å². The molecular weight excluding hydrogens is 599 g/mol. The van der Waals surface area contributed by atoms with Crippen molar-refractivity contribution < 1.29 is 4.42 Å². The SMILES string of the molecule is c1ccc(-c2ccc(-c3nc(-c4cccc(-c5ccccc5)c4)nc(-c4ccc5oc6ccc(-c7ccccc7)cc6c5c4)n3)cc2)cc1. The van der Waals surface area contributed by atoms with E-state index in [2.05, 4.69) is 146 Å². The summed E-state index contributed by atoms with van der Waals surface area (Å²) in [5.74, 6) is 1.84. The lowest BCUT2D eigenvalue weighted by atomic mass is 10.0. The Morgan fingerprint density at radius 2 is 0.612 bits per heavy atom. The Labute approximate surface area is 284 Å². The van der Waals surface area contributed by atoms with Crippen LogP contribution in [-0.4, -0.2) is 15.0 Å². The first-order valence-electron chi connectivity index (χ1n) is 16.4. The van der Waals surface area contributed by atoms with Gasteiger partial charge in [-0.25, -0.2) is 15.0 Å². The minimum atomic E-state index is 0.604. The van der Waals surface area contributed by atoms with Crippen LogP contribution in [0.25, 0.3) is 89.5 Å². The molecule has 4 nitrogen and oxygen atoms in total. The second kappa shape index (κ2) is 12.2. The van der Waals surface area contributed by atoms with E-state index in [1.807, 2.05) is 30.3 Å². The fraction of sp³-hybridized carbons (Fsp3) is 0. The zero-order valence-electron chi connectivity index (χ0n) is 26.5. The van der Waals surface area contributed by atoms with Crippen molar-refractivity contribution in [2.45, 2.75) is 0 Å². The number of nitrogens with zero attached hydrogens (tertiary/aromatic N) is 3. The summed E-state index contributed by atoms with van der Waals surface area (Å²) in [6.07, 6.45) is 0. The van der Waals surface area contributed by atoms with Gasteiger partial charge in [-0.2, -0.15) is 0 Å². The summed E-state index contributed by atoms with van der Waals surface area (Å²) in [6.45, 7) is 0. The second-order valence-corrected chi connectivity index (χ2v) is 12.1. The van der Waals surface area contributed by atoms with Crippen molar-refractivity contribution >= 4 is 21.9 Å². The molecule has 0 saturated carbocycles. The lowest BCUT2D eigenvalue weighted by Crippen LogP contribution is -2.00. The number of hydrogen-bond donors (Lipinski definition) is 0. The standard InChI is InChI=1S/C45H29N3O/c1-4-11-30(12-5-1)33-19-21-34(22-20-33)43-46-44(37-18-10-17-35(27-37)31-13-6-2-7-14-31)48-45(47-43)38-24-26-42-40(29-38)39-28-36(23-25-41(39)49-42)32-15-8-3-9-16-32/h1-29H. The summed E-state index contributed by atoms with van der Waals surface area (Å²) in [5.41, 5.74) is 11.3. The molecule has 0 radical (unpaired) electrons. The predicted molar refractivity (Wildman–Crippen MR) is 200 cm³/mol. The van der Waals surface area contributed by atoms with E-state index in [4.69, 9.17) is 19.4 Å². The topological polar surface area (TPSA) is 51.8 Å². The van der Waals surface area contributed by atoms with Crippen molar-refractivity contribution in [3.63, 3.8) is 0 Å². The maximum atomic E-state index is 6.27. The average Bonchev–Trinajstić information content (AvgIpc) is 3.56. The van der Waals surface area contributed by atoms with Gasteiger partial charge in [0.05, 0.1) is 0 Å². The highest BCUT2D eigenvalue weighted by Gasteiger charge is 2.16. The van der Waals surface area contributed by atoms with E-state index in [-0.39, 0.29) is 0 Å². The summed E-state index contributed by atoms with van der Waals surface area (Å²) in [6, 6.07) is 60.5. The predicted octanol–water partition coefficient (Wildman–Crippen LogP) is 11.8. The van der Waals surface area contributed by atoms with Crippen molar-refractivity contribution in [1.29, 1.82) is 0 Å². The Kier molecular flexibility index (Phi) is 7.10. The van der Waals surface area contributed by atoms with E-state index in [0.29, 0.717) is 17.5 Å². The minimum absolute atomic E-state index is 0.604. The van der Waals surface area contributed by atoms with Crippen LogP contribution in [0.5, 0.6) is 0 Å². The zero-order chi connectivity index (χ0) is 32.6.